The van der Waals surface area contributed by atoms with Gasteiger partial charge in [0.2, 0.25) is 0 Å². The van der Waals surface area contributed by atoms with Gasteiger partial charge in [0.15, 0.2) is 5.75 Å². The minimum absolute atomic E-state index is 0.0524. The molecule has 2 aliphatic rings. The molecule has 0 unspecified atom stereocenters. The highest BCUT2D eigenvalue weighted by molar-refractivity contribution is 5.98. The summed E-state index contributed by atoms with van der Waals surface area (Å²) < 4.78 is 10.6. The molecular formula is C26H30N4O5. The van der Waals surface area contributed by atoms with Crippen molar-refractivity contribution in [1.29, 1.82) is 0 Å². The van der Waals surface area contributed by atoms with E-state index in [0.29, 0.717) is 16.9 Å². The molecule has 5 rings (SSSR count). The number of hydrogen-bond donors (Lipinski definition) is 1. The molecule has 35 heavy (non-hydrogen) atoms. The number of rotatable bonds is 6. The van der Waals surface area contributed by atoms with E-state index in [9.17, 15) is 14.9 Å². The highest BCUT2D eigenvalue weighted by Gasteiger charge is 2.47. The van der Waals surface area contributed by atoms with Crippen molar-refractivity contribution in [3.05, 3.63) is 69.4 Å². The van der Waals surface area contributed by atoms with Crippen LogP contribution in [0.3, 0.4) is 0 Å². The molecule has 184 valence electrons. The zero-order valence-corrected chi connectivity index (χ0v) is 20.5. The maximum atomic E-state index is 13.2. The van der Waals surface area contributed by atoms with E-state index in [4.69, 9.17) is 9.47 Å². The van der Waals surface area contributed by atoms with Gasteiger partial charge in [0.1, 0.15) is 5.75 Å². The monoisotopic (exact) mass is 478 g/mol. The lowest BCUT2D eigenvalue weighted by molar-refractivity contribution is -0.385. The summed E-state index contributed by atoms with van der Waals surface area (Å²) in [6, 6.07) is 10.4. The number of pyridine rings is 1. The van der Waals surface area contributed by atoms with E-state index in [0.717, 1.165) is 29.3 Å². The summed E-state index contributed by atoms with van der Waals surface area (Å²) in [5.74, 6) is 0.416. The number of carbonyl (C=O) groups excluding carboxylic acids is 1. The van der Waals surface area contributed by atoms with Crippen molar-refractivity contribution in [2.75, 3.05) is 34.4 Å². The topological polar surface area (TPSA) is 107 Å². The van der Waals surface area contributed by atoms with Crippen LogP contribution < -0.4 is 14.8 Å². The van der Waals surface area contributed by atoms with Crippen LogP contribution in [0.2, 0.25) is 0 Å². The van der Waals surface area contributed by atoms with Crippen molar-refractivity contribution in [1.82, 2.24) is 15.2 Å². The van der Waals surface area contributed by atoms with Gasteiger partial charge in [-0.1, -0.05) is 6.07 Å². The summed E-state index contributed by atoms with van der Waals surface area (Å²) in [6.07, 6.45) is 4.69. The quantitative estimate of drug-likeness (QED) is 0.418. The van der Waals surface area contributed by atoms with Gasteiger partial charge in [0, 0.05) is 35.3 Å². The molecule has 0 radical (unpaired) electrons. The molecule has 2 fully saturated rings. The first-order valence-electron chi connectivity index (χ1n) is 11.6. The second-order valence-corrected chi connectivity index (χ2v) is 9.03. The molecule has 1 saturated heterocycles. The largest absolute Gasteiger partial charge is 0.497 e. The molecule has 2 heterocycles. The van der Waals surface area contributed by atoms with Crippen LogP contribution in [0.1, 0.15) is 40.7 Å². The van der Waals surface area contributed by atoms with Crippen LogP contribution in [-0.4, -0.2) is 55.1 Å². The number of nitro groups is 1. The van der Waals surface area contributed by atoms with Gasteiger partial charge in [0.25, 0.3) is 5.91 Å². The molecule has 1 saturated carbocycles. The number of aromatic nitrogens is 1. The van der Waals surface area contributed by atoms with Gasteiger partial charge in [-0.25, -0.2) is 0 Å². The fourth-order valence-electron chi connectivity index (χ4n) is 4.24. The summed E-state index contributed by atoms with van der Waals surface area (Å²) in [6.45, 7) is 4.31. The molecule has 2 aromatic carbocycles. The second-order valence-electron chi connectivity index (χ2n) is 9.03. The number of hydrogen-bond acceptors (Lipinski definition) is 7. The fourth-order valence-corrected chi connectivity index (χ4v) is 4.24. The minimum Gasteiger partial charge on any atom is -0.497 e. The Labute approximate surface area is 204 Å². The molecule has 9 nitrogen and oxygen atoms in total. The lowest BCUT2D eigenvalue weighted by Gasteiger charge is -2.24. The third kappa shape index (κ3) is 5.05. The molecule has 1 aromatic heterocycles. The normalized spacial score (nSPS) is 15.9. The van der Waals surface area contributed by atoms with Crippen LogP contribution in [-0.2, 0) is 5.54 Å². The number of nitrogens with zero attached hydrogens (tertiary/aromatic N) is 3. The summed E-state index contributed by atoms with van der Waals surface area (Å²) in [7, 11) is 5.08. The maximum Gasteiger partial charge on any atom is 0.311 e. The van der Waals surface area contributed by atoms with Crippen molar-refractivity contribution in [2.45, 2.75) is 31.7 Å². The van der Waals surface area contributed by atoms with Crippen LogP contribution in [0.25, 0.3) is 10.9 Å². The van der Waals surface area contributed by atoms with Crippen LogP contribution in [0.5, 0.6) is 11.5 Å². The van der Waals surface area contributed by atoms with E-state index in [-0.39, 0.29) is 17.3 Å². The molecular weight excluding hydrogens is 448 g/mol. The first-order valence-corrected chi connectivity index (χ1v) is 11.6. The number of fused-ring (bicyclic) bond motifs is 1. The number of benzene rings is 2. The Morgan fingerprint density at radius 2 is 1.89 bits per heavy atom. The first kappa shape index (κ1) is 24.4. The van der Waals surface area contributed by atoms with Gasteiger partial charge in [-0.05, 0) is 69.6 Å². The van der Waals surface area contributed by atoms with E-state index in [1.165, 1.54) is 38.8 Å². The Kier molecular flexibility index (Phi) is 6.88. The fraction of sp³-hybridized carbons (Fsp3) is 0.385. The van der Waals surface area contributed by atoms with Crippen molar-refractivity contribution < 1.29 is 19.2 Å². The predicted molar refractivity (Wildman–Crippen MR) is 133 cm³/mol. The number of nitro benzene ring substituents is 1. The van der Waals surface area contributed by atoms with Gasteiger partial charge in [-0.3, -0.25) is 19.9 Å². The van der Waals surface area contributed by atoms with E-state index in [1.54, 1.807) is 20.2 Å². The van der Waals surface area contributed by atoms with Gasteiger partial charge in [-0.15, -0.1) is 0 Å². The molecule has 0 bridgehead atoms. The Morgan fingerprint density at radius 1 is 1.17 bits per heavy atom. The third-order valence-corrected chi connectivity index (χ3v) is 6.60. The number of ether oxygens (including phenoxy) is 2. The second kappa shape index (κ2) is 9.87. The smallest absolute Gasteiger partial charge is 0.311 e. The summed E-state index contributed by atoms with van der Waals surface area (Å²) in [5.41, 5.74) is 1.89. The van der Waals surface area contributed by atoms with Crippen molar-refractivity contribution in [2.24, 2.45) is 0 Å². The lowest BCUT2D eigenvalue weighted by Crippen LogP contribution is -2.35. The van der Waals surface area contributed by atoms with E-state index in [2.05, 4.69) is 22.2 Å². The number of aryl methyl sites for hydroxylation is 1. The third-order valence-electron chi connectivity index (χ3n) is 6.60. The van der Waals surface area contributed by atoms with Crippen LogP contribution in [0.4, 0.5) is 5.69 Å². The molecule has 1 aliphatic carbocycles. The number of carbonyl (C=O) groups is 1. The number of nitrogens with one attached hydrogen (secondary N) is 1. The Balaban J connectivity index is 0.000000514. The van der Waals surface area contributed by atoms with Crippen molar-refractivity contribution in [3.63, 3.8) is 0 Å². The van der Waals surface area contributed by atoms with Crippen LogP contribution >= 0.6 is 0 Å². The summed E-state index contributed by atoms with van der Waals surface area (Å²) >= 11 is 0. The molecule has 0 atom stereocenters. The van der Waals surface area contributed by atoms with Gasteiger partial charge in [0.05, 0.1) is 30.2 Å². The highest BCUT2D eigenvalue weighted by atomic mass is 16.6. The summed E-state index contributed by atoms with van der Waals surface area (Å²) in [4.78, 5) is 30.6. The molecule has 0 spiro atoms. The molecule has 3 aromatic rings. The minimum atomic E-state index is -0.533. The van der Waals surface area contributed by atoms with Gasteiger partial charge in [-0.2, -0.15) is 0 Å². The Bertz CT molecular complexity index is 1270. The van der Waals surface area contributed by atoms with E-state index < -0.39 is 10.5 Å². The van der Waals surface area contributed by atoms with Gasteiger partial charge < -0.3 is 19.7 Å². The highest BCUT2D eigenvalue weighted by Crippen LogP contribution is 2.49. The number of amides is 1. The summed E-state index contributed by atoms with van der Waals surface area (Å²) in [5, 5.41) is 15.3. The Morgan fingerprint density at radius 3 is 2.43 bits per heavy atom. The first-order chi connectivity index (χ1) is 16.8. The number of likely N-dealkylation sites (tertiary alicyclic amines) is 1. The average Bonchev–Trinajstić information content (AvgIpc) is 3.62. The predicted octanol–water partition coefficient (Wildman–Crippen LogP) is 4.21. The standard InChI is InChI=1S/C22H21N3O5.C4H9N/c1-13-9-19(25(27)28)20(30-3)12-16(13)21(26)24-22(6-7-22)17-10-14(29-2)11-18-15(17)5-4-8-23-18;1-5-3-2-4-5/h4-5,8-12H,6-7H2,1-3H3,(H,24,26);2-4H2,1H3. The van der Waals surface area contributed by atoms with Gasteiger partial charge >= 0.3 is 5.69 Å². The van der Waals surface area contributed by atoms with Crippen LogP contribution in [0.15, 0.2) is 42.6 Å². The molecule has 1 aliphatic heterocycles. The molecule has 1 amide bonds. The lowest BCUT2D eigenvalue weighted by atomic mass is 9.97. The maximum absolute atomic E-state index is 13.2. The van der Waals surface area contributed by atoms with E-state index in [1.807, 2.05) is 24.3 Å². The van der Waals surface area contributed by atoms with Crippen LogP contribution in [0, 0.1) is 17.0 Å². The SMILES string of the molecule is CN1CCC1.COc1cc(C2(NC(=O)c3cc(OC)c([N+](=O)[O-])cc3C)CC2)c2cccnc2c1. The average molecular weight is 479 g/mol. The number of methoxy groups -OCH3 is 2. The zero-order chi connectivity index (χ0) is 25.2. The molecule has 9 heteroatoms. The van der Waals surface area contributed by atoms with Crippen molar-refractivity contribution in [3.8, 4) is 11.5 Å². The molecule has 1 N–H and O–H groups in total. The Hall–Kier alpha value is -3.72. The zero-order valence-electron chi connectivity index (χ0n) is 20.5. The van der Waals surface area contributed by atoms with E-state index >= 15 is 0 Å². The van der Waals surface area contributed by atoms with Crippen molar-refractivity contribution >= 4 is 22.5 Å².